The third kappa shape index (κ3) is 6.35. The van der Waals surface area contributed by atoms with Crippen molar-refractivity contribution in [3.05, 3.63) is 0 Å². The summed E-state index contributed by atoms with van der Waals surface area (Å²) >= 11 is 0. The predicted octanol–water partition coefficient (Wildman–Crippen LogP) is 2.19. The van der Waals surface area contributed by atoms with Gasteiger partial charge in [-0.2, -0.15) is 22.0 Å². The summed E-state index contributed by atoms with van der Waals surface area (Å²) in [7, 11) is 0. The van der Waals surface area contributed by atoms with Crippen molar-refractivity contribution in [3.8, 4) is 0 Å². The van der Waals surface area contributed by atoms with Crippen LogP contribution in [0, 0.1) is 5.92 Å². The molecule has 0 bridgehead atoms. The molecule has 0 saturated heterocycles. The van der Waals surface area contributed by atoms with Gasteiger partial charge in [-0.3, -0.25) is 9.59 Å². The van der Waals surface area contributed by atoms with Gasteiger partial charge in [0.1, 0.15) is 6.04 Å². The first kappa shape index (κ1) is 17.6. The van der Waals surface area contributed by atoms with E-state index in [9.17, 15) is 31.5 Å². The highest BCUT2D eigenvalue weighted by molar-refractivity contribution is 5.84. The van der Waals surface area contributed by atoms with E-state index in [1.54, 1.807) is 0 Å². The summed E-state index contributed by atoms with van der Waals surface area (Å²) in [6.07, 6.45) is -7.54. The van der Waals surface area contributed by atoms with Crippen LogP contribution in [0.5, 0.6) is 0 Å². The first-order chi connectivity index (χ1) is 8.36. The van der Waals surface area contributed by atoms with Crippen molar-refractivity contribution in [2.45, 2.75) is 44.8 Å². The molecule has 0 aromatic heterocycles. The minimum absolute atomic E-state index is 0.607. The first-order valence-corrected chi connectivity index (χ1v) is 5.33. The lowest BCUT2D eigenvalue weighted by Gasteiger charge is -2.24. The van der Waals surface area contributed by atoms with Crippen LogP contribution in [0.4, 0.5) is 22.0 Å². The number of aliphatic carboxylic acids is 1. The number of hydrogen-bond donors (Lipinski definition) is 2. The molecule has 0 fully saturated rings. The quantitative estimate of drug-likeness (QED) is 0.737. The summed E-state index contributed by atoms with van der Waals surface area (Å²) in [5, 5.41) is 9.31. The summed E-state index contributed by atoms with van der Waals surface area (Å²) in [4.78, 5) is 21.3. The van der Waals surface area contributed by atoms with Gasteiger partial charge in [-0.25, -0.2) is 0 Å². The zero-order valence-corrected chi connectivity index (χ0v) is 10.2. The highest BCUT2D eigenvalue weighted by Crippen LogP contribution is 2.27. The van der Waals surface area contributed by atoms with Crippen molar-refractivity contribution in [1.82, 2.24) is 5.32 Å². The van der Waals surface area contributed by atoms with E-state index in [-0.39, 0.29) is 0 Å². The van der Waals surface area contributed by atoms with Crippen LogP contribution in [-0.4, -0.2) is 35.1 Å². The van der Waals surface area contributed by atoms with E-state index in [1.807, 2.05) is 0 Å². The lowest BCUT2D eigenvalue weighted by molar-refractivity contribution is -0.177. The summed E-state index contributed by atoms with van der Waals surface area (Å²) in [5.41, 5.74) is 0. The molecule has 0 aliphatic carbocycles. The first-order valence-electron chi connectivity index (χ1n) is 5.33. The molecule has 0 rings (SSSR count). The molecule has 112 valence electrons. The fraction of sp³-hybridized carbons (Fsp3) is 0.800. The number of carbonyl (C=O) groups is 2. The molecule has 1 atom stereocenters. The molecule has 1 unspecified atom stereocenters. The highest BCUT2D eigenvalue weighted by atomic mass is 19.4. The van der Waals surface area contributed by atoms with Crippen LogP contribution in [0.3, 0.4) is 0 Å². The Morgan fingerprint density at radius 1 is 1.16 bits per heavy atom. The number of carboxylic acid groups (broad SMARTS) is 1. The monoisotopic (exact) mass is 291 g/mol. The van der Waals surface area contributed by atoms with E-state index in [0.717, 1.165) is 5.32 Å². The van der Waals surface area contributed by atoms with Crippen LogP contribution >= 0.6 is 0 Å². The van der Waals surface area contributed by atoms with Gasteiger partial charge in [-0.1, -0.05) is 13.8 Å². The average molecular weight is 291 g/mol. The van der Waals surface area contributed by atoms with Gasteiger partial charge in [0.25, 0.3) is 5.91 Å². The van der Waals surface area contributed by atoms with Crippen molar-refractivity contribution >= 4 is 11.9 Å². The molecule has 4 nitrogen and oxygen atoms in total. The summed E-state index contributed by atoms with van der Waals surface area (Å²) < 4.78 is 63.6. The van der Waals surface area contributed by atoms with E-state index in [1.165, 1.54) is 13.8 Å². The molecule has 1 amide bonds. The topological polar surface area (TPSA) is 66.4 Å². The molecule has 0 aromatic rings. The molecule has 2 N–H and O–H groups in total. The minimum Gasteiger partial charge on any atom is -0.481 e. The van der Waals surface area contributed by atoms with Crippen LogP contribution in [0.25, 0.3) is 0 Å². The Labute approximate surface area is 106 Å². The number of amides is 1. The van der Waals surface area contributed by atoms with E-state index < -0.39 is 48.8 Å². The van der Waals surface area contributed by atoms with Gasteiger partial charge < -0.3 is 10.4 Å². The molecule has 9 heteroatoms. The molecular formula is C10H14F5NO3. The molecule has 0 aliphatic heterocycles. The Bertz CT molecular complexity index is 341. The minimum atomic E-state index is -5.11. The van der Waals surface area contributed by atoms with Gasteiger partial charge in [0, 0.05) is 6.42 Å². The van der Waals surface area contributed by atoms with Gasteiger partial charge >= 0.3 is 18.1 Å². The Morgan fingerprint density at radius 2 is 1.63 bits per heavy atom. The maximum atomic E-state index is 13.2. The molecule has 0 aromatic carbocycles. The number of halogens is 5. The van der Waals surface area contributed by atoms with E-state index in [0.29, 0.717) is 0 Å². The van der Waals surface area contributed by atoms with Crippen LogP contribution in [0.2, 0.25) is 0 Å². The summed E-state index contributed by atoms with van der Waals surface area (Å²) in [5.74, 6) is -8.56. The van der Waals surface area contributed by atoms with Gasteiger partial charge in [0.05, 0.1) is 6.42 Å². The van der Waals surface area contributed by atoms with Crippen molar-refractivity contribution in [2.75, 3.05) is 0 Å². The van der Waals surface area contributed by atoms with Crippen molar-refractivity contribution < 1.29 is 36.6 Å². The lowest BCUT2D eigenvalue weighted by atomic mass is 10.0. The predicted molar refractivity (Wildman–Crippen MR) is 54.6 cm³/mol. The standard InChI is InChI=1S/C10H14F5NO3/c1-5(2)4-9(11,12)8(19)16-6(3-7(17)18)10(13,14)15/h5-6H,3-4H2,1-2H3,(H,16,19)(H,17,18). The largest absolute Gasteiger partial charge is 0.481 e. The third-order valence-electron chi connectivity index (χ3n) is 2.08. The number of carbonyl (C=O) groups excluding carboxylic acids is 1. The molecule has 0 spiro atoms. The number of rotatable bonds is 6. The maximum Gasteiger partial charge on any atom is 0.409 e. The Balaban J connectivity index is 4.85. The van der Waals surface area contributed by atoms with Crippen LogP contribution < -0.4 is 5.32 Å². The molecular weight excluding hydrogens is 277 g/mol. The van der Waals surface area contributed by atoms with Crippen LogP contribution in [0.1, 0.15) is 26.7 Å². The van der Waals surface area contributed by atoms with Gasteiger partial charge in [0.2, 0.25) is 0 Å². The van der Waals surface area contributed by atoms with Crippen LogP contribution in [0.15, 0.2) is 0 Å². The summed E-state index contributed by atoms with van der Waals surface area (Å²) in [6.45, 7) is 2.75. The second-order valence-corrected chi connectivity index (χ2v) is 4.47. The lowest BCUT2D eigenvalue weighted by Crippen LogP contribution is -2.52. The average Bonchev–Trinajstić information content (AvgIpc) is 2.11. The van der Waals surface area contributed by atoms with E-state index in [2.05, 4.69) is 0 Å². The molecule has 0 heterocycles. The van der Waals surface area contributed by atoms with Crippen molar-refractivity contribution in [3.63, 3.8) is 0 Å². The van der Waals surface area contributed by atoms with Gasteiger partial charge in [-0.05, 0) is 5.92 Å². The van der Waals surface area contributed by atoms with Gasteiger partial charge in [0.15, 0.2) is 0 Å². The van der Waals surface area contributed by atoms with E-state index >= 15 is 0 Å². The molecule has 0 saturated carbocycles. The smallest absolute Gasteiger partial charge is 0.409 e. The van der Waals surface area contributed by atoms with Crippen LogP contribution in [-0.2, 0) is 9.59 Å². The summed E-state index contributed by atoms with van der Waals surface area (Å²) in [6, 6.07) is -2.84. The zero-order chi connectivity index (χ0) is 15.4. The van der Waals surface area contributed by atoms with Crippen molar-refractivity contribution in [2.24, 2.45) is 5.92 Å². The zero-order valence-electron chi connectivity index (χ0n) is 10.2. The molecule has 0 aliphatic rings. The highest BCUT2D eigenvalue weighted by Gasteiger charge is 2.47. The Kier molecular flexibility index (Phi) is 5.70. The molecule has 19 heavy (non-hydrogen) atoms. The SMILES string of the molecule is CC(C)CC(F)(F)C(=O)NC(CC(=O)O)C(F)(F)F. The fourth-order valence-electron chi connectivity index (χ4n) is 1.29. The maximum absolute atomic E-state index is 13.2. The Morgan fingerprint density at radius 3 is 1.95 bits per heavy atom. The normalized spacial score (nSPS) is 14.3. The van der Waals surface area contributed by atoms with Crippen molar-refractivity contribution in [1.29, 1.82) is 0 Å². The van der Waals surface area contributed by atoms with E-state index in [4.69, 9.17) is 5.11 Å². The number of alkyl halides is 5. The number of carboxylic acids is 1. The van der Waals surface area contributed by atoms with Gasteiger partial charge in [-0.15, -0.1) is 0 Å². The Hall–Kier alpha value is -1.41. The third-order valence-corrected chi connectivity index (χ3v) is 2.08. The second kappa shape index (κ2) is 6.16. The second-order valence-electron chi connectivity index (χ2n) is 4.47. The number of nitrogens with one attached hydrogen (secondary N) is 1. The number of hydrogen-bond acceptors (Lipinski definition) is 2. The molecule has 0 radical (unpaired) electrons. The fourth-order valence-corrected chi connectivity index (χ4v) is 1.29.